The molecule has 0 heterocycles. The molecular weight excluding hydrogens is 208 g/mol. The van der Waals surface area contributed by atoms with Crippen molar-refractivity contribution in [2.75, 3.05) is 14.2 Å². The predicted octanol–water partition coefficient (Wildman–Crippen LogP) is 1.51. The zero-order valence-electron chi connectivity index (χ0n) is 10.4. The van der Waals surface area contributed by atoms with E-state index in [0.29, 0.717) is 19.3 Å². The smallest absolute Gasteiger partial charge is 0.311 e. The fourth-order valence-corrected chi connectivity index (χ4v) is 2.58. The molecule has 0 spiro atoms. The van der Waals surface area contributed by atoms with Crippen LogP contribution in [0.2, 0.25) is 0 Å². The van der Waals surface area contributed by atoms with E-state index < -0.39 is 11.5 Å². The monoisotopic (exact) mass is 230 g/mol. The van der Waals surface area contributed by atoms with Crippen LogP contribution in [0.3, 0.4) is 0 Å². The number of hydrogen-bond acceptors (Lipinski definition) is 4. The van der Waals surface area contributed by atoms with Gasteiger partial charge in [-0.3, -0.25) is 4.79 Å². The molecule has 4 nitrogen and oxygen atoms in total. The number of carbonyl (C=O) groups is 1. The van der Waals surface area contributed by atoms with Gasteiger partial charge in [-0.25, -0.2) is 0 Å². The minimum atomic E-state index is -0.906. The van der Waals surface area contributed by atoms with Crippen LogP contribution in [0, 0.1) is 5.92 Å². The summed E-state index contributed by atoms with van der Waals surface area (Å²) >= 11 is 0. The molecule has 1 N–H and O–H groups in total. The Kier molecular flexibility index (Phi) is 4.74. The third kappa shape index (κ3) is 2.74. The van der Waals surface area contributed by atoms with Crippen LogP contribution in [0.25, 0.3) is 0 Å². The van der Waals surface area contributed by atoms with Crippen LogP contribution in [0.1, 0.15) is 39.0 Å². The maximum Gasteiger partial charge on any atom is 0.311 e. The van der Waals surface area contributed by atoms with E-state index in [4.69, 9.17) is 9.47 Å². The Hall–Kier alpha value is -0.610. The number of ether oxygens (including phenoxy) is 2. The second kappa shape index (κ2) is 5.64. The van der Waals surface area contributed by atoms with Crippen LogP contribution in [0.5, 0.6) is 0 Å². The van der Waals surface area contributed by atoms with Crippen molar-refractivity contribution >= 4 is 5.97 Å². The van der Waals surface area contributed by atoms with Crippen molar-refractivity contribution < 1.29 is 19.4 Å². The standard InChI is InChI=1S/C12H22O4/c1-4-10(11(13)16-3)12(14)7-5-9(15-2)6-8-12/h9-10,14H,4-8H2,1-3H3. The number of esters is 1. The molecule has 16 heavy (non-hydrogen) atoms. The summed E-state index contributed by atoms with van der Waals surface area (Å²) in [6.45, 7) is 1.90. The normalized spacial score (nSPS) is 32.1. The predicted molar refractivity (Wildman–Crippen MR) is 60.0 cm³/mol. The van der Waals surface area contributed by atoms with Gasteiger partial charge in [0.1, 0.15) is 0 Å². The van der Waals surface area contributed by atoms with Crippen LogP contribution in [-0.4, -0.2) is 37.0 Å². The summed E-state index contributed by atoms with van der Waals surface area (Å²) in [7, 11) is 3.06. The molecule has 1 unspecified atom stereocenters. The highest BCUT2D eigenvalue weighted by Gasteiger charge is 2.43. The summed E-state index contributed by atoms with van der Waals surface area (Å²) in [5.74, 6) is -0.712. The SMILES string of the molecule is CCC(C(=O)OC)C1(O)CCC(OC)CC1. The Morgan fingerprint density at radius 3 is 2.38 bits per heavy atom. The van der Waals surface area contributed by atoms with E-state index in [0.717, 1.165) is 12.8 Å². The lowest BCUT2D eigenvalue weighted by molar-refractivity contribution is -0.161. The van der Waals surface area contributed by atoms with Gasteiger partial charge in [-0.05, 0) is 32.1 Å². The molecule has 1 fully saturated rings. The molecule has 1 aliphatic rings. The average molecular weight is 230 g/mol. The van der Waals surface area contributed by atoms with Gasteiger partial charge < -0.3 is 14.6 Å². The highest BCUT2D eigenvalue weighted by Crippen LogP contribution is 2.37. The second-order valence-electron chi connectivity index (χ2n) is 4.52. The minimum absolute atomic E-state index is 0.218. The topological polar surface area (TPSA) is 55.8 Å². The van der Waals surface area contributed by atoms with Crippen molar-refractivity contribution in [3.05, 3.63) is 0 Å². The average Bonchev–Trinajstić information content (AvgIpc) is 2.30. The quantitative estimate of drug-likeness (QED) is 0.744. The summed E-state index contributed by atoms with van der Waals surface area (Å²) in [6, 6.07) is 0. The van der Waals surface area contributed by atoms with E-state index in [1.165, 1.54) is 7.11 Å². The number of rotatable bonds is 4. The van der Waals surface area contributed by atoms with Crippen LogP contribution in [0.15, 0.2) is 0 Å². The maximum atomic E-state index is 11.6. The summed E-state index contributed by atoms with van der Waals surface area (Å²) in [5.41, 5.74) is -0.906. The molecule has 1 aliphatic carbocycles. The van der Waals surface area contributed by atoms with Gasteiger partial charge in [0, 0.05) is 7.11 Å². The minimum Gasteiger partial charge on any atom is -0.469 e. The lowest BCUT2D eigenvalue weighted by Gasteiger charge is -2.39. The Balaban J connectivity index is 2.66. The third-order valence-corrected chi connectivity index (χ3v) is 3.67. The van der Waals surface area contributed by atoms with Crippen LogP contribution < -0.4 is 0 Å². The first-order valence-electron chi connectivity index (χ1n) is 5.90. The Bertz CT molecular complexity index is 231. The lowest BCUT2D eigenvalue weighted by Crippen LogP contribution is -2.46. The number of aliphatic hydroxyl groups is 1. The van der Waals surface area contributed by atoms with Gasteiger partial charge >= 0.3 is 5.97 Å². The first kappa shape index (κ1) is 13.5. The molecule has 1 saturated carbocycles. The van der Waals surface area contributed by atoms with Crippen molar-refractivity contribution in [2.45, 2.75) is 50.7 Å². The van der Waals surface area contributed by atoms with E-state index in [1.807, 2.05) is 6.92 Å². The molecule has 4 heteroatoms. The Labute approximate surface area is 96.9 Å². The first-order chi connectivity index (χ1) is 7.57. The van der Waals surface area contributed by atoms with Gasteiger partial charge in [0.2, 0.25) is 0 Å². The van der Waals surface area contributed by atoms with Gasteiger partial charge in [0.05, 0.1) is 24.7 Å². The number of carbonyl (C=O) groups excluding carboxylic acids is 1. The molecule has 0 amide bonds. The highest BCUT2D eigenvalue weighted by atomic mass is 16.5. The molecular formula is C12H22O4. The van der Waals surface area contributed by atoms with E-state index in [-0.39, 0.29) is 12.1 Å². The van der Waals surface area contributed by atoms with Gasteiger partial charge in [0.25, 0.3) is 0 Å². The number of methoxy groups -OCH3 is 2. The van der Waals surface area contributed by atoms with E-state index in [9.17, 15) is 9.90 Å². The second-order valence-corrected chi connectivity index (χ2v) is 4.52. The molecule has 1 atom stereocenters. The fourth-order valence-electron chi connectivity index (χ4n) is 2.58. The van der Waals surface area contributed by atoms with Crippen molar-refractivity contribution in [3.63, 3.8) is 0 Å². The molecule has 0 aromatic rings. The molecule has 0 aromatic heterocycles. The Morgan fingerprint density at radius 2 is 2.00 bits per heavy atom. The number of hydrogen-bond donors (Lipinski definition) is 1. The zero-order chi connectivity index (χ0) is 12.2. The van der Waals surface area contributed by atoms with Crippen molar-refractivity contribution in [1.29, 1.82) is 0 Å². The molecule has 0 radical (unpaired) electrons. The maximum absolute atomic E-state index is 11.6. The van der Waals surface area contributed by atoms with Gasteiger partial charge in [-0.15, -0.1) is 0 Å². The van der Waals surface area contributed by atoms with Crippen LogP contribution in [0.4, 0.5) is 0 Å². The molecule has 0 saturated heterocycles. The van der Waals surface area contributed by atoms with Crippen molar-refractivity contribution in [2.24, 2.45) is 5.92 Å². The molecule has 94 valence electrons. The molecule has 0 bridgehead atoms. The first-order valence-corrected chi connectivity index (χ1v) is 5.90. The third-order valence-electron chi connectivity index (χ3n) is 3.67. The molecule has 0 aliphatic heterocycles. The van der Waals surface area contributed by atoms with Crippen LogP contribution in [-0.2, 0) is 14.3 Å². The van der Waals surface area contributed by atoms with E-state index >= 15 is 0 Å². The molecule has 0 aromatic carbocycles. The Morgan fingerprint density at radius 1 is 1.44 bits per heavy atom. The summed E-state index contributed by atoms with van der Waals surface area (Å²) in [4.78, 5) is 11.6. The van der Waals surface area contributed by atoms with Gasteiger partial charge in [-0.1, -0.05) is 6.92 Å². The largest absolute Gasteiger partial charge is 0.469 e. The lowest BCUT2D eigenvalue weighted by atomic mass is 9.73. The van der Waals surface area contributed by atoms with Crippen molar-refractivity contribution in [3.8, 4) is 0 Å². The van der Waals surface area contributed by atoms with Gasteiger partial charge in [0.15, 0.2) is 0 Å². The van der Waals surface area contributed by atoms with Gasteiger partial charge in [-0.2, -0.15) is 0 Å². The summed E-state index contributed by atoms with van der Waals surface area (Å²) in [5, 5.41) is 10.5. The molecule has 1 rings (SSSR count). The van der Waals surface area contributed by atoms with Crippen molar-refractivity contribution in [1.82, 2.24) is 0 Å². The fraction of sp³-hybridized carbons (Fsp3) is 0.917. The van der Waals surface area contributed by atoms with Crippen LogP contribution >= 0.6 is 0 Å². The van der Waals surface area contributed by atoms with E-state index in [1.54, 1.807) is 7.11 Å². The highest BCUT2D eigenvalue weighted by molar-refractivity contribution is 5.73. The summed E-state index contributed by atoms with van der Waals surface area (Å²) in [6.07, 6.45) is 3.66. The zero-order valence-corrected chi connectivity index (χ0v) is 10.4. The van der Waals surface area contributed by atoms with E-state index in [2.05, 4.69) is 0 Å². The summed E-state index contributed by atoms with van der Waals surface area (Å²) < 4.78 is 10.0.